The minimum atomic E-state index is -4.57. The molecule has 3 nitrogen and oxygen atoms in total. The van der Waals surface area contributed by atoms with Crippen LogP contribution >= 0.6 is 0 Å². The molecule has 0 saturated heterocycles. The predicted octanol–water partition coefficient (Wildman–Crippen LogP) is 5.40. The highest BCUT2D eigenvalue weighted by molar-refractivity contribution is 5.69. The number of halogens is 4. The van der Waals surface area contributed by atoms with E-state index in [2.05, 4.69) is 16.4 Å². The first kappa shape index (κ1) is 18.6. The minimum Gasteiger partial charge on any atom is -0.342 e. The van der Waals surface area contributed by atoms with Crippen LogP contribution in [0.1, 0.15) is 23.1 Å². The Bertz CT molecular complexity index is 1010. The van der Waals surface area contributed by atoms with Crippen LogP contribution in [0.25, 0.3) is 11.3 Å². The third kappa shape index (κ3) is 3.62. The van der Waals surface area contributed by atoms with Crippen molar-refractivity contribution in [2.45, 2.75) is 31.5 Å². The number of nitrogens with one attached hydrogen (secondary N) is 2. The molecule has 0 bridgehead atoms. The number of alkyl halides is 3. The first-order chi connectivity index (χ1) is 13.3. The van der Waals surface area contributed by atoms with Crippen molar-refractivity contribution in [2.75, 3.05) is 5.32 Å². The molecule has 4 N–H and O–H groups in total. The Morgan fingerprint density at radius 2 is 1.89 bits per heavy atom. The lowest BCUT2D eigenvalue weighted by atomic mass is 9.87. The van der Waals surface area contributed by atoms with Gasteiger partial charge in [0, 0.05) is 23.0 Å². The fraction of sp³-hybridized carbons (Fsp3) is 0.238. The van der Waals surface area contributed by atoms with Crippen LogP contribution in [0.15, 0.2) is 48.5 Å². The average Bonchev–Trinajstić information content (AvgIpc) is 3.09. The second-order valence-corrected chi connectivity index (χ2v) is 7.05. The molecule has 0 saturated carbocycles. The summed E-state index contributed by atoms with van der Waals surface area (Å²) < 4.78 is 52.4. The highest BCUT2D eigenvalue weighted by Gasteiger charge is 2.31. The summed E-state index contributed by atoms with van der Waals surface area (Å²) in [6.07, 6.45) is -1.91. The van der Waals surface area contributed by atoms with Crippen molar-refractivity contribution in [3.05, 3.63) is 71.0 Å². The molecule has 0 aliphatic heterocycles. The highest BCUT2D eigenvalue weighted by Crippen LogP contribution is 2.34. The Balaban J connectivity index is 1.60. The Kier molecular flexibility index (Phi) is 4.63. The van der Waals surface area contributed by atoms with Crippen molar-refractivity contribution in [1.82, 2.24) is 4.98 Å². The number of nitrogens with two attached hydrogens (primary N) is 1. The number of H-pyrrole nitrogens is 1. The van der Waals surface area contributed by atoms with Crippen molar-refractivity contribution >= 4 is 11.5 Å². The van der Waals surface area contributed by atoms with Gasteiger partial charge in [-0.1, -0.05) is 12.1 Å². The van der Waals surface area contributed by atoms with E-state index in [1.54, 1.807) is 12.1 Å². The van der Waals surface area contributed by atoms with Crippen molar-refractivity contribution in [3.8, 4) is 11.3 Å². The van der Waals surface area contributed by atoms with Gasteiger partial charge >= 0.3 is 6.18 Å². The molecule has 146 valence electrons. The number of anilines is 2. The van der Waals surface area contributed by atoms with E-state index in [4.69, 9.17) is 5.73 Å². The zero-order chi connectivity index (χ0) is 19.9. The highest BCUT2D eigenvalue weighted by atomic mass is 19.4. The smallest absolute Gasteiger partial charge is 0.342 e. The summed E-state index contributed by atoms with van der Waals surface area (Å²) in [5.41, 5.74) is 8.91. The molecule has 1 heterocycles. The Morgan fingerprint density at radius 3 is 2.64 bits per heavy atom. The molecule has 1 atom stereocenters. The SMILES string of the molecule is NC1CCc2cccc(Nc3ccc(-c4ccc(C(F)(F)F)cc4F)[nH]3)c2C1. The second-order valence-electron chi connectivity index (χ2n) is 7.05. The lowest BCUT2D eigenvalue weighted by Gasteiger charge is -2.24. The summed E-state index contributed by atoms with van der Waals surface area (Å²) in [7, 11) is 0. The van der Waals surface area contributed by atoms with Crippen molar-refractivity contribution in [3.63, 3.8) is 0 Å². The number of aromatic amines is 1. The maximum absolute atomic E-state index is 14.2. The molecule has 0 fully saturated rings. The number of aryl methyl sites for hydroxylation is 1. The second kappa shape index (κ2) is 6.98. The van der Waals surface area contributed by atoms with Gasteiger partial charge in [0.25, 0.3) is 0 Å². The molecule has 0 amide bonds. The van der Waals surface area contributed by atoms with Gasteiger partial charge in [0.1, 0.15) is 11.6 Å². The predicted molar refractivity (Wildman–Crippen MR) is 101 cm³/mol. The van der Waals surface area contributed by atoms with E-state index < -0.39 is 17.6 Å². The first-order valence-electron chi connectivity index (χ1n) is 9.01. The van der Waals surface area contributed by atoms with Gasteiger partial charge in [-0.15, -0.1) is 0 Å². The first-order valence-corrected chi connectivity index (χ1v) is 9.01. The van der Waals surface area contributed by atoms with Crippen LogP contribution in [-0.4, -0.2) is 11.0 Å². The summed E-state index contributed by atoms with van der Waals surface area (Å²) in [6, 6.07) is 12.0. The summed E-state index contributed by atoms with van der Waals surface area (Å²) in [5, 5.41) is 3.28. The van der Waals surface area contributed by atoms with Crippen LogP contribution in [0, 0.1) is 5.82 Å². The monoisotopic (exact) mass is 389 g/mol. The van der Waals surface area contributed by atoms with E-state index in [0.717, 1.165) is 42.6 Å². The summed E-state index contributed by atoms with van der Waals surface area (Å²) in [4.78, 5) is 3.03. The average molecular weight is 389 g/mol. The number of benzene rings is 2. The van der Waals surface area contributed by atoms with Gasteiger partial charge in [0.15, 0.2) is 0 Å². The number of rotatable bonds is 3. The van der Waals surface area contributed by atoms with Crippen LogP contribution in [0.2, 0.25) is 0 Å². The van der Waals surface area contributed by atoms with Gasteiger partial charge in [-0.2, -0.15) is 13.2 Å². The zero-order valence-electron chi connectivity index (χ0n) is 14.9. The van der Waals surface area contributed by atoms with Gasteiger partial charge in [-0.25, -0.2) is 4.39 Å². The topological polar surface area (TPSA) is 53.8 Å². The number of hydrogen-bond donors (Lipinski definition) is 3. The van der Waals surface area contributed by atoms with Crippen LogP contribution in [0.3, 0.4) is 0 Å². The fourth-order valence-electron chi connectivity index (χ4n) is 3.61. The lowest BCUT2D eigenvalue weighted by molar-refractivity contribution is -0.137. The zero-order valence-corrected chi connectivity index (χ0v) is 14.9. The molecule has 28 heavy (non-hydrogen) atoms. The van der Waals surface area contributed by atoms with Crippen LogP contribution in [0.5, 0.6) is 0 Å². The minimum absolute atomic E-state index is 0.0816. The molecule has 1 unspecified atom stereocenters. The number of hydrogen-bond acceptors (Lipinski definition) is 2. The molecular weight excluding hydrogens is 370 g/mol. The van der Waals surface area contributed by atoms with Gasteiger partial charge in [-0.3, -0.25) is 0 Å². The molecule has 7 heteroatoms. The largest absolute Gasteiger partial charge is 0.416 e. The Labute approximate surface area is 159 Å². The molecular formula is C21H19F4N3. The third-order valence-corrected chi connectivity index (χ3v) is 5.07. The van der Waals surface area contributed by atoms with Crippen LogP contribution in [0.4, 0.5) is 29.1 Å². The Hall–Kier alpha value is -2.80. The van der Waals surface area contributed by atoms with Gasteiger partial charge < -0.3 is 16.0 Å². The molecule has 4 rings (SSSR count). The van der Waals surface area contributed by atoms with Crippen LogP contribution < -0.4 is 11.1 Å². The van der Waals surface area contributed by atoms with Gasteiger partial charge in [0.05, 0.1) is 5.56 Å². The maximum atomic E-state index is 14.2. The van der Waals surface area contributed by atoms with Crippen molar-refractivity contribution in [2.24, 2.45) is 5.73 Å². The van der Waals surface area contributed by atoms with Gasteiger partial charge in [0.2, 0.25) is 0 Å². The summed E-state index contributed by atoms with van der Waals surface area (Å²) in [6.45, 7) is 0. The van der Waals surface area contributed by atoms with Crippen molar-refractivity contribution in [1.29, 1.82) is 0 Å². The molecule has 0 radical (unpaired) electrons. The molecule has 0 spiro atoms. The Morgan fingerprint density at radius 1 is 1.07 bits per heavy atom. The quantitative estimate of drug-likeness (QED) is 0.526. The van der Waals surface area contributed by atoms with E-state index in [9.17, 15) is 17.6 Å². The van der Waals surface area contributed by atoms with Crippen molar-refractivity contribution < 1.29 is 17.6 Å². The molecule has 2 aromatic carbocycles. The van der Waals surface area contributed by atoms with E-state index in [-0.39, 0.29) is 11.6 Å². The third-order valence-electron chi connectivity index (χ3n) is 5.07. The normalized spacial score (nSPS) is 16.7. The van der Waals surface area contributed by atoms with Crippen LogP contribution in [-0.2, 0) is 19.0 Å². The van der Waals surface area contributed by atoms with Gasteiger partial charge in [-0.05, 0) is 66.8 Å². The number of fused-ring (bicyclic) bond motifs is 1. The molecule has 1 aliphatic carbocycles. The molecule has 1 aromatic heterocycles. The summed E-state index contributed by atoms with van der Waals surface area (Å²) >= 11 is 0. The number of aromatic nitrogens is 1. The van der Waals surface area contributed by atoms with E-state index in [1.165, 1.54) is 5.56 Å². The summed E-state index contributed by atoms with van der Waals surface area (Å²) in [5.74, 6) is -0.298. The molecule has 3 aromatic rings. The standard InChI is InChI=1S/C21H19F4N3/c22-17-10-13(21(23,24)25)5-7-15(17)19-8-9-20(28-19)27-18-3-1-2-12-4-6-14(26)11-16(12)18/h1-3,5,7-10,14,27-28H,4,6,11,26H2. The van der Waals surface area contributed by atoms with E-state index >= 15 is 0 Å². The fourth-order valence-corrected chi connectivity index (χ4v) is 3.61. The van der Waals surface area contributed by atoms with E-state index in [0.29, 0.717) is 17.6 Å². The maximum Gasteiger partial charge on any atom is 0.416 e. The lowest BCUT2D eigenvalue weighted by Crippen LogP contribution is -2.28. The van der Waals surface area contributed by atoms with E-state index in [1.807, 2.05) is 12.1 Å². The molecule has 1 aliphatic rings.